The number of nitrogens with one attached hydrogen (secondary N) is 1. The van der Waals surface area contributed by atoms with Gasteiger partial charge < -0.3 is 10.1 Å². The number of hydrogen-bond acceptors (Lipinski definition) is 3. The second-order valence-electron chi connectivity index (χ2n) is 4.32. The molecule has 1 atom stereocenters. The van der Waals surface area contributed by atoms with Crippen LogP contribution in [0.5, 0.6) is 0 Å². The van der Waals surface area contributed by atoms with Crippen LogP contribution in [-0.4, -0.2) is 24.7 Å². The SMILES string of the molecule is CC1(CNC(=O)c2cc(Br)sc2Br)CCCO1. The van der Waals surface area contributed by atoms with Gasteiger partial charge in [0.05, 0.1) is 18.7 Å². The number of halogens is 2. The zero-order valence-corrected chi connectivity index (χ0v) is 13.4. The van der Waals surface area contributed by atoms with Gasteiger partial charge in [0, 0.05) is 13.2 Å². The molecule has 0 saturated carbocycles. The van der Waals surface area contributed by atoms with Crippen molar-refractivity contribution in [3.8, 4) is 0 Å². The van der Waals surface area contributed by atoms with E-state index in [9.17, 15) is 4.79 Å². The van der Waals surface area contributed by atoms with Crippen molar-refractivity contribution >= 4 is 49.1 Å². The molecule has 17 heavy (non-hydrogen) atoms. The minimum atomic E-state index is -0.199. The van der Waals surface area contributed by atoms with Gasteiger partial charge in [0.1, 0.15) is 0 Å². The molecular formula is C11H13Br2NO2S. The quantitative estimate of drug-likeness (QED) is 0.867. The molecule has 0 bridgehead atoms. The summed E-state index contributed by atoms with van der Waals surface area (Å²) in [6, 6.07) is 1.82. The number of rotatable bonds is 3. The Morgan fingerprint density at radius 1 is 1.65 bits per heavy atom. The van der Waals surface area contributed by atoms with Crippen LogP contribution in [-0.2, 0) is 4.74 Å². The van der Waals surface area contributed by atoms with Gasteiger partial charge in [0.25, 0.3) is 5.91 Å². The number of ether oxygens (including phenoxy) is 1. The summed E-state index contributed by atoms with van der Waals surface area (Å²) in [7, 11) is 0. The average molecular weight is 383 g/mol. The van der Waals surface area contributed by atoms with E-state index in [1.54, 1.807) is 0 Å². The molecule has 1 aliphatic rings. The Morgan fingerprint density at radius 2 is 2.41 bits per heavy atom. The van der Waals surface area contributed by atoms with Crippen LogP contribution in [0.1, 0.15) is 30.1 Å². The van der Waals surface area contributed by atoms with Gasteiger partial charge in [0.15, 0.2) is 0 Å². The van der Waals surface area contributed by atoms with Crippen LogP contribution in [0.25, 0.3) is 0 Å². The van der Waals surface area contributed by atoms with Gasteiger partial charge in [-0.15, -0.1) is 11.3 Å². The second kappa shape index (κ2) is 5.38. The molecule has 94 valence electrons. The first kappa shape index (κ1) is 13.5. The summed E-state index contributed by atoms with van der Waals surface area (Å²) in [5.41, 5.74) is 0.471. The van der Waals surface area contributed by atoms with Gasteiger partial charge in [-0.2, -0.15) is 0 Å². The first-order chi connectivity index (χ1) is 8.00. The van der Waals surface area contributed by atoms with Crippen molar-refractivity contribution in [1.82, 2.24) is 5.32 Å². The maximum atomic E-state index is 12.0. The Kier molecular flexibility index (Phi) is 4.28. The standard InChI is InChI=1S/C11H13Br2NO2S/c1-11(3-2-4-16-11)6-14-10(15)7-5-8(12)17-9(7)13/h5H,2-4,6H2,1H3,(H,14,15). The molecule has 0 spiro atoms. The molecule has 0 aromatic carbocycles. The average Bonchev–Trinajstić information content (AvgIpc) is 2.83. The van der Waals surface area contributed by atoms with Gasteiger partial charge in [-0.05, 0) is 57.7 Å². The van der Waals surface area contributed by atoms with Crippen molar-refractivity contribution in [3.05, 3.63) is 19.2 Å². The van der Waals surface area contributed by atoms with Crippen molar-refractivity contribution in [2.24, 2.45) is 0 Å². The molecule has 1 fully saturated rings. The van der Waals surface area contributed by atoms with Crippen LogP contribution in [0.3, 0.4) is 0 Å². The predicted octanol–water partition coefficient (Wildman–Crippen LogP) is 3.57. The fourth-order valence-electron chi connectivity index (χ4n) is 1.83. The highest BCUT2D eigenvalue weighted by Gasteiger charge is 2.30. The Bertz CT molecular complexity index is 427. The summed E-state index contributed by atoms with van der Waals surface area (Å²) in [4.78, 5) is 12.0. The summed E-state index contributed by atoms with van der Waals surface area (Å²) >= 11 is 8.24. The lowest BCUT2D eigenvalue weighted by molar-refractivity contribution is 0.0206. The zero-order chi connectivity index (χ0) is 12.5. The normalized spacial score (nSPS) is 23.9. The highest BCUT2D eigenvalue weighted by molar-refractivity contribution is 9.12. The molecule has 0 radical (unpaired) electrons. The van der Waals surface area contributed by atoms with Crippen LogP contribution in [0.15, 0.2) is 13.6 Å². The maximum Gasteiger partial charge on any atom is 0.253 e. The Balaban J connectivity index is 1.95. The summed E-state index contributed by atoms with van der Waals surface area (Å²) in [5.74, 6) is -0.0597. The summed E-state index contributed by atoms with van der Waals surface area (Å²) in [5, 5.41) is 2.93. The minimum Gasteiger partial charge on any atom is -0.373 e. The molecule has 3 nitrogen and oxygen atoms in total. The van der Waals surface area contributed by atoms with E-state index in [1.807, 2.05) is 13.0 Å². The van der Waals surface area contributed by atoms with E-state index in [-0.39, 0.29) is 11.5 Å². The smallest absolute Gasteiger partial charge is 0.253 e. The second-order valence-corrected chi connectivity index (χ2v) is 8.07. The fraction of sp³-hybridized carbons (Fsp3) is 0.545. The molecule has 1 aromatic rings. The lowest BCUT2D eigenvalue weighted by atomic mass is 10.0. The number of carbonyl (C=O) groups excluding carboxylic acids is 1. The first-order valence-electron chi connectivity index (χ1n) is 5.37. The van der Waals surface area contributed by atoms with Crippen molar-refractivity contribution < 1.29 is 9.53 Å². The van der Waals surface area contributed by atoms with Crippen molar-refractivity contribution in [1.29, 1.82) is 0 Å². The molecule has 1 N–H and O–H groups in total. The third-order valence-corrected chi connectivity index (χ3v) is 5.16. The number of amides is 1. The summed E-state index contributed by atoms with van der Waals surface area (Å²) in [6.07, 6.45) is 2.07. The van der Waals surface area contributed by atoms with Gasteiger partial charge in [-0.3, -0.25) is 4.79 Å². The predicted molar refractivity (Wildman–Crippen MR) is 75.6 cm³/mol. The lowest BCUT2D eigenvalue weighted by Gasteiger charge is -2.23. The van der Waals surface area contributed by atoms with Gasteiger partial charge in [-0.1, -0.05) is 0 Å². The van der Waals surface area contributed by atoms with Crippen LogP contribution in [0, 0.1) is 0 Å². The summed E-state index contributed by atoms with van der Waals surface area (Å²) < 4.78 is 7.42. The van der Waals surface area contributed by atoms with E-state index in [0.29, 0.717) is 12.1 Å². The zero-order valence-electron chi connectivity index (χ0n) is 9.39. The van der Waals surface area contributed by atoms with Crippen molar-refractivity contribution in [2.45, 2.75) is 25.4 Å². The largest absolute Gasteiger partial charge is 0.373 e. The third-order valence-electron chi connectivity index (χ3n) is 2.82. The Morgan fingerprint density at radius 3 is 2.94 bits per heavy atom. The maximum absolute atomic E-state index is 12.0. The van der Waals surface area contributed by atoms with E-state index >= 15 is 0 Å². The highest BCUT2D eigenvalue weighted by Crippen LogP contribution is 2.32. The Hall–Kier alpha value is 0.0900. The molecule has 1 amide bonds. The van der Waals surface area contributed by atoms with E-state index in [4.69, 9.17) is 4.74 Å². The van der Waals surface area contributed by atoms with Crippen LogP contribution < -0.4 is 5.32 Å². The van der Waals surface area contributed by atoms with E-state index in [1.165, 1.54) is 11.3 Å². The number of thiophene rings is 1. The van der Waals surface area contributed by atoms with E-state index < -0.39 is 0 Å². The first-order valence-corrected chi connectivity index (χ1v) is 7.77. The molecule has 1 saturated heterocycles. The lowest BCUT2D eigenvalue weighted by Crippen LogP contribution is -2.40. The van der Waals surface area contributed by atoms with Crippen molar-refractivity contribution in [3.63, 3.8) is 0 Å². The molecular weight excluding hydrogens is 370 g/mol. The van der Waals surface area contributed by atoms with Crippen LogP contribution in [0.2, 0.25) is 0 Å². The van der Waals surface area contributed by atoms with Gasteiger partial charge >= 0.3 is 0 Å². The van der Waals surface area contributed by atoms with Gasteiger partial charge in [-0.25, -0.2) is 0 Å². The topological polar surface area (TPSA) is 38.3 Å². The monoisotopic (exact) mass is 381 g/mol. The molecule has 1 aliphatic heterocycles. The highest BCUT2D eigenvalue weighted by atomic mass is 79.9. The summed E-state index contributed by atoms with van der Waals surface area (Å²) in [6.45, 7) is 3.39. The molecule has 1 unspecified atom stereocenters. The molecule has 1 aromatic heterocycles. The van der Waals surface area contributed by atoms with Gasteiger partial charge in [0.2, 0.25) is 0 Å². The van der Waals surface area contributed by atoms with Crippen molar-refractivity contribution in [2.75, 3.05) is 13.2 Å². The van der Waals surface area contributed by atoms with Crippen LogP contribution in [0.4, 0.5) is 0 Å². The van der Waals surface area contributed by atoms with E-state index in [0.717, 1.165) is 27.0 Å². The molecule has 2 rings (SSSR count). The fourth-order valence-corrected chi connectivity index (χ4v) is 4.63. The van der Waals surface area contributed by atoms with Crippen LogP contribution >= 0.6 is 43.2 Å². The molecule has 2 heterocycles. The van der Waals surface area contributed by atoms with E-state index in [2.05, 4.69) is 37.2 Å². The third kappa shape index (κ3) is 3.30. The number of carbonyl (C=O) groups is 1. The molecule has 6 heteroatoms. The minimum absolute atomic E-state index is 0.0597. The number of hydrogen-bond donors (Lipinski definition) is 1. The molecule has 0 aliphatic carbocycles. The Labute approximate surface area is 121 Å².